The van der Waals surface area contributed by atoms with E-state index in [2.05, 4.69) is 25.6 Å². The van der Waals surface area contributed by atoms with Gasteiger partial charge in [-0.25, -0.2) is 0 Å². The lowest BCUT2D eigenvalue weighted by molar-refractivity contribution is -0.113. The fourth-order valence-electron chi connectivity index (χ4n) is 2.78. The zero-order valence-electron chi connectivity index (χ0n) is 15.5. The van der Waals surface area contributed by atoms with Crippen molar-refractivity contribution in [3.05, 3.63) is 36.0 Å². The minimum absolute atomic E-state index is 0.100. The SMILES string of the molecule is Cc1cc(NC(=O)CSc2nnc(N3CCN(C(=O)c4ccco4)CC3)s2)no1. The van der Waals surface area contributed by atoms with Gasteiger partial charge >= 0.3 is 0 Å². The van der Waals surface area contributed by atoms with E-state index >= 15 is 0 Å². The van der Waals surface area contributed by atoms with Crippen LogP contribution in [-0.4, -0.2) is 64.0 Å². The van der Waals surface area contributed by atoms with Crippen molar-refractivity contribution in [3.63, 3.8) is 0 Å². The summed E-state index contributed by atoms with van der Waals surface area (Å²) in [6.45, 7) is 4.25. The second-order valence-electron chi connectivity index (χ2n) is 6.27. The van der Waals surface area contributed by atoms with Gasteiger partial charge in [-0.1, -0.05) is 28.3 Å². The van der Waals surface area contributed by atoms with E-state index in [1.165, 1.54) is 29.4 Å². The molecule has 1 fully saturated rings. The summed E-state index contributed by atoms with van der Waals surface area (Å²) in [5, 5.41) is 15.5. The first-order valence-electron chi connectivity index (χ1n) is 8.86. The molecule has 0 aliphatic carbocycles. The van der Waals surface area contributed by atoms with Gasteiger partial charge in [0.15, 0.2) is 15.9 Å². The molecule has 0 unspecified atom stereocenters. The molecule has 0 saturated carbocycles. The Morgan fingerprint density at radius 1 is 1.28 bits per heavy atom. The van der Waals surface area contributed by atoms with Crippen LogP contribution in [0.25, 0.3) is 0 Å². The molecule has 10 nitrogen and oxygen atoms in total. The minimum Gasteiger partial charge on any atom is -0.459 e. The van der Waals surface area contributed by atoms with Crippen LogP contribution in [0, 0.1) is 6.92 Å². The van der Waals surface area contributed by atoms with Gasteiger partial charge < -0.3 is 24.1 Å². The normalized spacial score (nSPS) is 14.2. The predicted octanol–water partition coefficient (Wildman–Crippen LogP) is 2.12. The summed E-state index contributed by atoms with van der Waals surface area (Å²) in [6.07, 6.45) is 1.50. The standard InChI is InChI=1S/C17H18N6O4S2/c1-11-9-13(21-27-11)18-14(24)10-28-17-20-19-16(29-17)23-6-4-22(5-7-23)15(25)12-3-2-8-26-12/h2-3,8-9H,4-7,10H2,1H3,(H,18,21,24). The number of hydrogen-bond acceptors (Lipinski definition) is 10. The summed E-state index contributed by atoms with van der Waals surface area (Å²) in [6, 6.07) is 5.03. The van der Waals surface area contributed by atoms with Crippen LogP contribution in [0.2, 0.25) is 0 Å². The second kappa shape index (κ2) is 8.66. The van der Waals surface area contributed by atoms with Gasteiger partial charge in [0.1, 0.15) is 5.76 Å². The van der Waals surface area contributed by atoms with Crippen LogP contribution in [0.1, 0.15) is 16.3 Å². The monoisotopic (exact) mass is 434 g/mol. The van der Waals surface area contributed by atoms with Gasteiger partial charge in [-0.15, -0.1) is 10.2 Å². The molecule has 2 amide bonds. The Morgan fingerprint density at radius 3 is 2.79 bits per heavy atom. The Labute approximate surface area is 174 Å². The van der Waals surface area contributed by atoms with Gasteiger partial charge in [-0.05, 0) is 19.1 Å². The molecule has 0 radical (unpaired) electrons. The van der Waals surface area contributed by atoms with Crippen molar-refractivity contribution in [1.29, 1.82) is 0 Å². The van der Waals surface area contributed by atoms with Crippen molar-refractivity contribution in [2.75, 3.05) is 42.1 Å². The number of carbonyl (C=O) groups excluding carboxylic acids is 2. The fourth-order valence-corrected chi connectivity index (χ4v) is 4.47. The third-order valence-electron chi connectivity index (χ3n) is 4.19. The summed E-state index contributed by atoms with van der Waals surface area (Å²) in [5.41, 5.74) is 0. The van der Waals surface area contributed by atoms with E-state index in [-0.39, 0.29) is 17.6 Å². The molecule has 1 aliphatic rings. The topological polar surface area (TPSA) is 118 Å². The predicted molar refractivity (Wildman–Crippen MR) is 107 cm³/mol. The zero-order chi connectivity index (χ0) is 20.2. The molecular formula is C17H18N6O4S2. The smallest absolute Gasteiger partial charge is 0.289 e. The largest absolute Gasteiger partial charge is 0.459 e. The molecule has 0 aromatic carbocycles. The van der Waals surface area contributed by atoms with Crippen molar-refractivity contribution in [2.24, 2.45) is 0 Å². The van der Waals surface area contributed by atoms with E-state index in [9.17, 15) is 9.59 Å². The molecule has 4 rings (SSSR count). The van der Waals surface area contributed by atoms with E-state index in [0.717, 1.165) is 5.13 Å². The molecule has 1 saturated heterocycles. The molecule has 29 heavy (non-hydrogen) atoms. The summed E-state index contributed by atoms with van der Waals surface area (Å²) in [7, 11) is 0. The van der Waals surface area contributed by atoms with Crippen LogP contribution in [-0.2, 0) is 4.79 Å². The van der Waals surface area contributed by atoms with Gasteiger partial charge in [0.25, 0.3) is 5.91 Å². The Bertz CT molecular complexity index is 978. The average Bonchev–Trinajstić information content (AvgIpc) is 3.48. The number of amides is 2. The van der Waals surface area contributed by atoms with Gasteiger partial charge in [0, 0.05) is 32.2 Å². The van der Waals surface area contributed by atoms with Crippen LogP contribution in [0.3, 0.4) is 0 Å². The first-order chi connectivity index (χ1) is 14.1. The minimum atomic E-state index is -0.190. The Balaban J connectivity index is 1.25. The molecule has 12 heteroatoms. The number of nitrogens with zero attached hydrogens (tertiary/aromatic N) is 5. The van der Waals surface area contributed by atoms with Crippen LogP contribution in [0.15, 0.2) is 37.7 Å². The maximum absolute atomic E-state index is 12.3. The molecule has 1 N–H and O–H groups in total. The molecular weight excluding hydrogens is 416 g/mol. The third-order valence-corrected chi connectivity index (χ3v) is 6.30. The molecule has 4 heterocycles. The Hall–Kier alpha value is -2.86. The molecule has 0 bridgehead atoms. The highest BCUT2D eigenvalue weighted by Gasteiger charge is 2.25. The van der Waals surface area contributed by atoms with Crippen LogP contribution >= 0.6 is 23.1 Å². The maximum Gasteiger partial charge on any atom is 0.289 e. The fraction of sp³-hybridized carbons (Fsp3) is 0.353. The third kappa shape index (κ3) is 4.77. The molecule has 152 valence electrons. The molecule has 0 spiro atoms. The van der Waals surface area contributed by atoms with Gasteiger partial charge in [0.05, 0.1) is 12.0 Å². The molecule has 3 aromatic heterocycles. The number of thioether (sulfide) groups is 1. The number of carbonyl (C=O) groups is 2. The lowest BCUT2D eigenvalue weighted by atomic mass is 10.3. The number of piperazine rings is 1. The summed E-state index contributed by atoms with van der Waals surface area (Å²) < 4.78 is 10.8. The Morgan fingerprint density at radius 2 is 2.10 bits per heavy atom. The van der Waals surface area contributed by atoms with Crippen LogP contribution in [0.4, 0.5) is 10.9 Å². The first kappa shape index (κ1) is 19.5. The number of furan rings is 1. The van der Waals surface area contributed by atoms with Crippen molar-refractivity contribution in [3.8, 4) is 0 Å². The van der Waals surface area contributed by atoms with E-state index in [4.69, 9.17) is 8.94 Å². The van der Waals surface area contributed by atoms with E-state index in [0.29, 0.717) is 47.9 Å². The zero-order valence-corrected chi connectivity index (χ0v) is 17.2. The molecule has 0 atom stereocenters. The van der Waals surface area contributed by atoms with Gasteiger partial charge in [-0.2, -0.15) is 0 Å². The summed E-state index contributed by atoms with van der Waals surface area (Å²) in [5.74, 6) is 1.29. The van der Waals surface area contributed by atoms with E-state index in [1.807, 2.05) is 0 Å². The highest BCUT2D eigenvalue weighted by molar-refractivity contribution is 8.01. The van der Waals surface area contributed by atoms with Crippen molar-refractivity contribution >= 4 is 45.9 Å². The number of aryl methyl sites for hydroxylation is 1. The second-order valence-corrected chi connectivity index (χ2v) is 8.45. The quantitative estimate of drug-likeness (QED) is 0.582. The van der Waals surface area contributed by atoms with Crippen molar-refractivity contribution < 1.29 is 18.5 Å². The van der Waals surface area contributed by atoms with E-state index in [1.54, 1.807) is 30.0 Å². The highest BCUT2D eigenvalue weighted by atomic mass is 32.2. The number of anilines is 2. The van der Waals surface area contributed by atoms with Gasteiger partial charge in [-0.3, -0.25) is 9.59 Å². The summed E-state index contributed by atoms with van der Waals surface area (Å²) in [4.78, 5) is 28.2. The first-order valence-corrected chi connectivity index (χ1v) is 10.7. The number of hydrogen-bond donors (Lipinski definition) is 1. The maximum atomic E-state index is 12.3. The lowest BCUT2D eigenvalue weighted by Crippen LogP contribution is -2.48. The lowest BCUT2D eigenvalue weighted by Gasteiger charge is -2.33. The molecule has 3 aromatic rings. The Kier molecular flexibility index (Phi) is 5.81. The number of nitrogens with one attached hydrogen (secondary N) is 1. The van der Waals surface area contributed by atoms with Crippen molar-refractivity contribution in [1.82, 2.24) is 20.3 Å². The molecule has 1 aliphatic heterocycles. The number of rotatable bonds is 6. The summed E-state index contributed by atoms with van der Waals surface area (Å²) >= 11 is 2.74. The average molecular weight is 435 g/mol. The highest BCUT2D eigenvalue weighted by Crippen LogP contribution is 2.29. The van der Waals surface area contributed by atoms with Gasteiger partial charge in [0.2, 0.25) is 11.0 Å². The van der Waals surface area contributed by atoms with Crippen LogP contribution in [0.5, 0.6) is 0 Å². The number of aromatic nitrogens is 3. The van der Waals surface area contributed by atoms with E-state index < -0.39 is 0 Å². The van der Waals surface area contributed by atoms with Crippen molar-refractivity contribution in [2.45, 2.75) is 11.3 Å². The van der Waals surface area contributed by atoms with Crippen LogP contribution < -0.4 is 10.2 Å².